The van der Waals surface area contributed by atoms with Crippen LogP contribution in [-0.2, 0) is 10.2 Å². The van der Waals surface area contributed by atoms with E-state index in [2.05, 4.69) is 32.9 Å². The summed E-state index contributed by atoms with van der Waals surface area (Å²) in [7, 11) is 1.65. The number of hydrogen-bond acceptors (Lipinski definition) is 3. The van der Waals surface area contributed by atoms with Gasteiger partial charge >= 0.3 is 0 Å². The summed E-state index contributed by atoms with van der Waals surface area (Å²) in [6, 6.07) is 8.26. The first kappa shape index (κ1) is 15.0. The van der Waals surface area contributed by atoms with Crippen molar-refractivity contribution in [2.24, 2.45) is 5.73 Å². The zero-order valence-electron chi connectivity index (χ0n) is 11.9. The first-order valence-corrected chi connectivity index (χ1v) is 6.49. The summed E-state index contributed by atoms with van der Waals surface area (Å²) in [6.45, 7) is 7.66. The molecular weight excluding hydrogens is 226 g/mol. The number of nitrogens with two attached hydrogens (primary N) is 1. The number of hydrogen-bond donors (Lipinski definition) is 1. The van der Waals surface area contributed by atoms with E-state index < -0.39 is 0 Å². The lowest BCUT2D eigenvalue weighted by atomic mass is 9.82. The lowest BCUT2D eigenvalue weighted by Gasteiger charge is -2.24. The van der Waals surface area contributed by atoms with Crippen molar-refractivity contribution in [2.45, 2.75) is 38.7 Å². The Labute approximate surface area is 110 Å². The van der Waals surface area contributed by atoms with Crippen molar-refractivity contribution < 1.29 is 9.47 Å². The molecule has 1 unspecified atom stereocenters. The minimum absolute atomic E-state index is 0.0833. The molecule has 102 valence electrons. The van der Waals surface area contributed by atoms with E-state index in [1.54, 1.807) is 7.11 Å². The average molecular weight is 251 g/mol. The Bertz CT molecular complexity index is 346. The SMILES string of the molecule is CCC(C)(C)c1ccc(OC(CN)COC)cc1. The molecule has 0 aliphatic heterocycles. The first-order chi connectivity index (χ1) is 8.53. The molecule has 1 aromatic carbocycles. The van der Waals surface area contributed by atoms with Crippen LogP contribution < -0.4 is 10.5 Å². The maximum atomic E-state index is 5.76. The lowest BCUT2D eigenvalue weighted by molar-refractivity contribution is 0.0860. The molecule has 2 N–H and O–H groups in total. The molecule has 0 saturated carbocycles. The number of benzene rings is 1. The van der Waals surface area contributed by atoms with Crippen LogP contribution in [-0.4, -0.2) is 26.4 Å². The summed E-state index contributed by atoms with van der Waals surface area (Å²) in [5.74, 6) is 0.846. The van der Waals surface area contributed by atoms with Gasteiger partial charge in [0.05, 0.1) is 6.61 Å². The highest BCUT2D eigenvalue weighted by atomic mass is 16.5. The number of ether oxygens (including phenoxy) is 2. The Morgan fingerprint density at radius 2 is 1.83 bits per heavy atom. The van der Waals surface area contributed by atoms with Crippen LogP contribution in [0.3, 0.4) is 0 Å². The Hall–Kier alpha value is -1.06. The zero-order valence-corrected chi connectivity index (χ0v) is 11.9. The highest BCUT2D eigenvalue weighted by Crippen LogP contribution is 2.28. The van der Waals surface area contributed by atoms with Crippen molar-refractivity contribution >= 4 is 0 Å². The topological polar surface area (TPSA) is 44.5 Å². The van der Waals surface area contributed by atoms with E-state index in [9.17, 15) is 0 Å². The lowest BCUT2D eigenvalue weighted by Crippen LogP contribution is -2.31. The van der Waals surface area contributed by atoms with Gasteiger partial charge in [-0.1, -0.05) is 32.9 Å². The highest BCUT2D eigenvalue weighted by molar-refractivity contribution is 5.31. The minimum Gasteiger partial charge on any atom is -0.487 e. The molecule has 0 aromatic heterocycles. The van der Waals surface area contributed by atoms with Gasteiger partial charge in [0.2, 0.25) is 0 Å². The summed E-state index contributed by atoms with van der Waals surface area (Å²) >= 11 is 0. The Kier molecular flexibility index (Phi) is 5.63. The van der Waals surface area contributed by atoms with Crippen LogP contribution in [0.15, 0.2) is 24.3 Å². The molecule has 1 atom stereocenters. The summed E-state index contributed by atoms with van der Waals surface area (Å²) in [4.78, 5) is 0. The molecule has 0 amide bonds. The van der Waals surface area contributed by atoms with Crippen LogP contribution in [0.25, 0.3) is 0 Å². The second kappa shape index (κ2) is 6.76. The average Bonchev–Trinajstić information content (AvgIpc) is 2.39. The van der Waals surface area contributed by atoms with E-state index in [0.717, 1.165) is 12.2 Å². The van der Waals surface area contributed by atoms with Gasteiger partial charge in [-0.2, -0.15) is 0 Å². The summed E-state index contributed by atoms with van der Waals surface area (Å²) < 4.78 is 10.8. The molecular formula is C15H25NO2. The van der Waals surface area contributed by atoms with Crippen LogP contribution in [0.5, 0.6) is 5.75 Å². The fourth-order valence-corrected chi connectivity index (χ4v) is 1.72. The summed E-state index contributed by atoms with van der Waals surface area (Å²) in [5.41, 5.74) is 7.16. The van der Waals surface area contributed by atoms with Crippen molar-refractivity contribution in [1.29, 1.82) is 0 Å². The van der Waals surface area contributed by atoms with Gasteiger partial charge in [0.1, 0.15) is 11.9 Å². The highest BCUT2D eigenvalue weighted by Gasteiger charge is 2.17. The van der Waals surface area contributed by atoms with Gasteiger partial charge in [-0.3, -0.25) is 0 Å². The molecule has 0 heterocycles. The second-order valence-corrected chi connectivity index (χ2v) is 5.19. The predicted octanol–water partition coefficient (Wildman–Crippen LogP) is 2.73. The van der Waals surface area contributed by atoms with Crippen LogP contribution in [0.2, 0.25) is 0 Å². The largest absolute Gasteiger partial charge is 0.487 e. The monoisotopic (exact) mass is 251 g/mol. The maximum Gasteiger partial charge on any atom is 0.134 e. The molecule has 0 aliphatic carbocycles. The molecule has 18 heavy (non-hydrogen) atoms. The molecule has 0 radical (unpaired) electrons. The Morgan fingerprint density at radius 3 is 2.28 bits per heavy atom. The third-order valence-corrected chi connectivity index (χ3v) is 3.44. The molecule has 0 bridgehead atoms. The van der Waals surface area contributed by atoms with E-state index in [-0.39, 0.29) is 11.5 Å². The van der Waals surface area contributed by atoms with Crippen molar-refractivity contribution in [1.82, 2.24) is 0 Å². The normalized spacial score (nSPS) is 13.4. The van der Waals surface area contributed by atoms with Gasteiger partial charge in [0, 0.05) is 13.7 Å². The second-order valence-electron chi connectivity index (χ2n) is 5.19. The van der Waals surface area contributed by atoms with Gasteiger partial charge in [0.15, 0.2) is 0 Å². The smallest absolute Gasteiger partial charge is 0.134 e. The van der Waals surface area contributed by atoms with Crippen molar-refractivity contribution in [3.8, 4) is 5.75 Å². The van der Waals surface area contributed by atoms with Crippen LogP contribution in [0.1, 0.15) is 32.8 Å². The molecule has 0 spiro atoms. The van der Waals surface area contributed by atoms with Gasteiger partial charge in [0.25, 0.3) is 0 Å². The molecule has 1 rings (SSSR count). The van der Waals surface area contributed by atoms with E-state index in [1.165, 1.54) is 5.56 Å². The molecule has 0 fully saturated rings. The van der Waals surface area contributed by atoms with E-state index in [0.29, 0.717) is 13.2 Å². The van der Waals surface area contributed by atoms with Crippen molar-refractivity contribution in [3.05, 3.63) is 29.8 Å². The van der Waals surface area contributed by atoms with E-state index in [1.807, 2.05) is 12.1 Å². The quantitative estimate of drug-likeness (QED) is 0.810. The predicted molar refractivity (Wildman–Crippen MR) is 75.1 cm³/mol. The molecule has 3 heteroatoms. The van der Waals surface area contributed by atoms with Crippen LogP contribution in [0, 0.1) is 0 Å². The Balaban J connectivity index is 2.71. The first-order valence-electron chi connectivity index (χ1n) is 6.49. The third kappa shape index (κ3) is 4.00. The third-order valence-electron chi connectivity index (χ3n) is 3.44. The van der Waals surface area contributed by atoms with Gasteiger partial charge in [-0.15, -0.1) is 0 Å². The van der Waals surface area contributed by atoms with Crippen LogP contribution >= 0.6 is 0 Å². The van der Waals surface area contributed by atoms with Crippen molar-refractivity contribution in [2.75, 3.05) is 20.3 Å². The number of methoxy groups -OCH3 is 1. The molecule has 0 aliphatic rings. The molecule has 0 saturated heterocycles. The summed E-state index contributed by atoms with van der Waals surface area (Å²) in [5, 5.41) is 0. The fourth-order valence-electron chi connectivity index (χ4n) is 1.72. The van der Waals surface area contributed by atoms with E-state index in [4.69, 9.17) is 15.2 Å². The van der Waals surface area contributed by atoms with Gasteiger partial charge in [-0.25, -0.2) is 0 Å². The molecule has 1 aromatic rings. The summed E-state index contributed by atoms with van der Waals surface area (Å²) in [6.07, 6.45) is 1.03. The Morgan fingerprint density at radius 1 is 1.22 bits per heavy atom. The standard InChI is InChI=1S/C15H25NO2/c1-5-15(2,3)12-6-8-13(9-7-12)18-14(10-16)11-17-4/h6-9,14H,5,10-11,16H2,1-4H3. The molecule has 3 nitrogen and oxygen atoms in total. The van der Waals surface area contributed by atoms with Gasteiger partial charge < -0.3 is 15.2 Å². The van der Waals surface area contributed by atoms with Crippen molar-refractivity contribution in [3.63, 3.8) is 0 Å². The fraction of sp³-hybridized carbons (Fsp3) is 0.600. The maximum absolute atomic E-state index is 5.76. The number of rotatable bonds is 7. The van der Waals surface area contributed by atoms with E-state index >= 15 is 0 Å². The zero-order chi connectivity index (χ0) is 13.6. The van der Waals surface area contributed by atoms with Gasteiger partial charge in [-0.05, 0) is 29.5 Å². The van der Waals surface area contributed by atoms with Crippen LogP contribution in [0.4, 0.5) is 0 Å². The minimum atomic E-state index is -0.0833.